The minimum Gasteiger partial charge on any atom is -0.485 e. The topological polar surface area (TPSA) is 82.2 Å². The first-order chi connectivity index (χ1) is 16.3. The van der Waals surface area contributed by atoms with E-state index in [-0.39, 0.29) is 24.2 Å². The Balaban J connectivity index is 1.36. The summed E-state index contributed by atoms with van der Waals surface area (Å²) in [7, 11) is 0. The number of nitrogens with one attached hydrogen (secondary N) is 1. The van der Waals surface area contributed by atoms with Crippen LogP contribution in [0.4, 0.5) is 5.95 Å². The normalized spacial score (nSPS) is 11.1. The van der Waals surface area contributed by atoms with Crippen LogP contribution in [0.1, 0.15) is 58.3 Å². The van der Waals surface area contributed by atoms with E-state index < -0.39 is 5.91 Å². The minimum absolute atomic E-state index is 0.157. The fourth-order valence-electron chi connectivity index (χ4n) is 3.44. The second kappa shape index (κ2) is 10.1. The second-order valence-electron chi connectivity index (χ2n) is 8.55. The first-order valence-electron chi connectivity index (χ1n) is 11.1. The Bertz CT molecular complexity index is 1290. The first kappa shape index (κ1) is 23.6. The lowest BCUT2D eigenvalue weighted by molar-refractivity contribution is 0.0991. The maximum atomic E-state index is 12.6. The average molecular weight is 479 g/mol. The number of rotatable bonds is 8. The molecule has 2 heterocycles. The summed E-state index contributed by atoms with van der Waals surface area (Å²) in [5.41, 5.74) is 4.25. The molecule has 7 nitrogen and oxygen atoms in total. The van der Waals surface area contributed by atoms with Crippen molar-refractivity contribution in [3.8, 4) is 5.75 Å². The number of hydrogen-bond donors (Lipinski definition) is 1. The zero-order valence-electron chi connectivity index (χ0n) is 19.6. The fourth-order valence-corrected chi connectivity index (χ4v) is 3.62. The van der Waals surface area contributed by atoms with E-state index in [0.717, 1.165) is 22.4 Å². The smallest absolute Gasteiger partial charge is 0.293 e. The molecule has 0 aliphatic rings. The van der Waals surface area contributed by atoms with Crippen LogP contribution in [-0.4, -0.2) is 20.7 Å². The number of aromatic nitrogens is 3. The van der Waals surface area contributed by atoms with Crippen molar-refractivity contribution < 1.29 is 13.9 Å². The van der Waals surface area contributed by atoms with E-state index in [2.05, 4.69) is 29.2 Å². The van der Waals surface area contributed by atoms with Crippen LogP contribution in [0.3, 0.4) is 0 Å². The molecule has 2 aromatic carbocycles. The van der Waals surface area contributed by atoms with Crippen LogP contribution in [0.5, 0.6) is 5.75 Å². The third-order valence-corrected chi connectivity index (χ3v) is 5.80. The Morgan fingerprint density at radius 1 is 1.15 bits per heavy atom. The van der Waals surface area contributed by atoms with E-state index in [4.69, 9.17) is 20.8 Å². The van der Waals surface area contributed by atoms with Crippen molar-refractivity contribution in [2.45, 2.75) is 46.8 Å². The molecule has 0 aliphatic heterocycles. The van der Waals surface area contributed by atoms with Crippen molar-refractivity contribution in [2.75, 3.05) is 5.32 Å². The van der Waals surface area contributed by atoms with Gasteiger partial charge >= 0.3 is 0 Å². The number of hydrogen-bond acceptors (Lipinski definition) is 5. The Morgan fingerprint density at radius 3 is 2.65 bits per heavy atom. The van der Waals surface area contributed by atoms with Gasteiger partial charge in [-0.05, 0) is 60.7 Å². The summed E-state index contributed by atoms with van der Waals surface area (Å²) in [5.74, 6) is 1.48. The van der Waals surface area contributed by atoms with Crippen LogP contribution in [-0.2, 0) is 13.2 Å². The van der Waals surface area contributed by atoms with Crippen LogP contribution < -0.4 is 10.1 Å². The van der Waals surface area contributed by atoms with Crippen molar-refractivity contribution in [1.82, 2.24) is 14.8 Å². The Morgan fingerprint density at radius 2 is 1.91 bits per heavy atom. The van der Waals surface area contributed by atoms with E-state index in [1.165, 1.54) is 5.56 Å². The molecule has 1 amide bonds. The van der Waals surface area contributed by atoms with Crippen molar-refractivity contribution in [3.05, 3.63) is 93.7 Å². The molecule has 0 saturated carbocycles. The third kappa shape index (κ3) is 5.66. The predicted molar refractivity (Wildman–Crippen MR) is 132 cm³/mol. The Hall–Kier alpha value is -3.58. The molecule has 2 aromatic heterocycles. The molecule has 0 aliphatic carbocycles. The zero-order chi connectivity index (χ0) is 24.2. The number of furan rings is 1. The number of anilines is 1. The van der Waals surface area contributed by atoms with Gasteiger partial charge in [-0.3, -0.25) is 10.1 Å². The number of ether oxygens (including phenoxy) is 1. The average Bonchev–Trinajstić information content (AvgIpc) is 3.45. The van der Waals surface area contributed by atoms with E-state index >= 15 is 0 Å². The monoisotopic (exact) mass is 478 g/mol. The molecule has 0 unspecified atom stereocenters. The largest absolute Gasteiger partial charge is 0.485 e. The van der Waals surface area contributed by atoms with E-state index in [9.17, 15) is 4.79 Å². The number of benzene rings is 2. The maximum Gasteiger partial charge on any atom is 0.293 e. The summed E-state index contributed by atoms with van der Waals surface area (Å²) >= 11 is 6.27. The number of amides is 1. The molecule has 0 spiro atoms. The second-order valence-corrected chi connectivity index (χ2v) is 8.96. The highest BCUT2D eigenvalue weighted by atomic mass is 35.5. The van der Waals surface area contributed by atoms with Gasteiger partial charge in [0.1, 0.15) is 24.4 Å². The SMILES string of the molecule is Cc1ccc(Cn2cnc(NC(=O)c3ccc(COc4cc(C)c(Cl)cc4C(C)C)o3)n2)cc1. The maximum absolute atomic E-state index is 12.6. The van der Waals surface area contributed by atoms with Crippen LogP contribution in [0.25, 0.3) is 0 Å². The predicted octanol–water partition coefficient (Wildman–Crippen LogP) is 6.14. The standard InChI is InChI=1S/C26H27ClN4O3/c1-16(2)21-12-22(27)18(4)11-24(21)33-14-20-9-10-23(34-20)25(32)29-26-28-15-31(30-26)13-19-7-5-17(3)6-8-19/h5-12,15-16H,13-14H2,1-4H3,(H,29,30,32). The van der Waals surface area contributed by atoms with Gasteiger partial charge < -0.3 is 9.15 Å². The molecule has 4 aromatic rings. The van der Waals surface area contributed by atoms with Crippen LogP contribution in [0, 0.1) is 13.8 Å². The molecular formula is C26H27ClN4O3. The lowest BCUT2D eigenvalue weighted by atomic mass is 10.0. The molecular weight excluding hydrogens is 452 g/mol. The fraction of sp³-hybridized carbons (Fsp3) is 0.269. The lowest BCUT2D eigenvalue weighted by Gasteiger charge is -2.15. The number of carbonyl (C=O) groups is 1. The number of halogens is 1. The van der Waals surface area contributed by atoms with Crippen LogP contribution in [0.15, 0.2) is 59.3 Å². The summed E-state index contributed by atoms with van der Waals surface area (Å²) in [6.07, 6.45) is 1.58. The molecule has 4 rings (SSSR count). The van der Waals surface area contributed by atoms with Gasteiger partial charge in [-0.1, -0.05) is 55.3 Å². The number of aryl methyl sites for hydroxylation is 2. The van der Waals surface area contributed by atoms with E-state index in [0.29, 0.717) is 17.3 Å². The van der Waals surface area contributed by atoms with E-state index in [1.807, 2.05) is 50.2 Å². The molecule has 1 N–H and O–H groups in total. The van der Waals surface area contributed by atoms with Crippen molar-refractivity contribution in [2.24, 2.45) is 0 Å². The summed E-state index contributed by atoms with van der Waals surface area (Å²) in [6, 6.07) is 15.4. The van der Waals surface area contributed by atoms with Gasteiger partial charge in [0.2, 0.25) is 5.95 Å². The summed E-state index contributed by atoms with van der Waals surface area (Å²) < 4.78 is 13.3. The Kier molecular flexibility index (Phi) is 7.03. The molecule has 0 bridgehead atoms. The van der Waals surface area contributed by atoms with Gasteiger partial charge in [0, 0.05) is 5.02 Å². The highest BCUT2D eigenvalue weighted by Gasteiger charge is 2.16. The zero-order valence-corrected chi connectivity index (χ0v) is 20.4. The van der Waals surface area contributed by atoms with Crippen LogP contribution in [0.2, 0.25) is 5.02 Å². The van der Waals surface area contributed by atoms with Gasteiger partial charge in [-0.15, -0.1) is 5.10 Å². The number of nitrogens with zero attached hydrogens (tertiary/aromatic N) is 3. The molecule has 0 fully saturated rings. The molecule has 0 radical (unpaired) electrons. The number of carbonyl (C=O) groups excluding carboxylic acids is 1. The van der Waals surface area contributed by atoms with E-state index in [1.54, 1.807) is 23.1 Å². The molecule has 0 atom stereocenters. The first-order valence-corrected chi connectivity index (χ1v) is 11.4. The highest BCUT2D eigenvalue weighted by Crippen LogP contribution is 2.32. The third-order valence-electron chi connectivity index (χ3n) is 5.40. The van der Waals surface area contributed by atoms with Gasteiger partial charge in [-0.2, -0.15) is 0 Å². The van der Waals surface area contributed by atoms with Gasteiger partial charge in [-0.25, -0.2) is 9.67 Å². The van der Waals surface area contributed by atoms with Crippen molar-refractivity contribution >= 4 is 23.5 Å². The van der Waals surface area contributed by atoms with Gasteiger partial charge in [0.15, 0.2) is 5.76 Å². The summed E-state index contributed by atoms with van der Waals surface area (Å²) in [6.45, 7) is 8.90. The Labute approximate surface area is 203 Å². The molecule has 8 heteroatoms. The summed E-state index contributed by atoms with van der Waals surface area (Å²) in [4.78, 5) is 16.7. The molecule has 34 heavy (non-hydrogen) atoms. The van der Waals surface area contributed by atoms with Crippen LogP contribution >= 0.6 is 11.6 Å². The summed E-state index contributed by atoms with van der Waals surface area (Å²) in [5, 5.41) is 7.69. The van der Waals surface area contributed by atoms with Crippen molar-refractivity contribution in [1.29, 1.82) is 0 Å². The quantitative estimate of drug-likeness (QED) is 0.328. The highest BCUT2D eigenvalue weighted by molar-refractivity contribution is 6.31. The lowest BCUT2D eigenvalue weighted by Crippen LogP contribution is -2.12. The molecule has 176 valence electrons. The molecule has 0 saturated heterocycles. The van der Waals surface area contributed by atoms with Gasteiger partial charge in [0.25, 0.3) is 5.91 Å². The van der Waals surface area contributed by atoms with Gasteiger partial charge in [0.05, 0.1) is 6.54 Å². The minimum atomic E-state index is -0.426. The van der Waals surface area contributed by atoms with Crippen molar-refractivity contribution in [3.63, 3.8) is 0 Å².